The van der Waals surface area contributed by atoms with E-state index >= 15 is 0 Å². The van der Waals surface area contributed by atoms with E-state index in [0.29, 0.717) is 25.8 Å². The zero-order valence-corrected chi connectivity index (χ0v) is 16.6. The van der Waals surface area contributed by atoms with Crippen LogP contribution in [0.2, 0.25) is 0 Å². The third kappa shape index (κ3) is 5.39. The van der Waals surface area contributed by atoms with Crippen LogP contribution >= 0.6 is 14.7 Å². The second-order valence-electron chi connectivity index (χ2n) is 5.66. The Kier molecular flexibility index (Phi) is 7.65. The van der Waals surface area contributed by atoms with Gasteiger partial charge < -0.3 is 13.6 Å². The van der Waals surface area contributed by atoms with Crippen molar-refractivity contribution in [2.24, 2.45) is 0 Å². The molecule has 0 N–H and O–H groups in total. The van der Waals surface area contributed by atoms with E-state index in [1.54, 1.807) is 13.8 Å². The molecule has 0 bridgehead atoms. The van der Waals surface area contributed by atoms with E-state index in [1.807, 2.05) is 60.7 Å². The summed E-state index contributed by atoms with van der Waals surface area (Å²) in [5.74, 6) is 0. The van der Waals surface area contributed by atoms with Gasteiger partial charge in [0.2, 0.25) is 0 Å². The molecule has 2 aromatic carbocycles. The van der Waals surface area contributed by atoms with Crippen LogP contribution < -0.4 is 10.6 Å². The Morgan fingerprint density at radius 1 is 0.720 bits per heavy atom. The Balaban J connectivity index is 2.21. The lowest BCUT2D eigenvalue weighted by atomic mass is 10.4. The van der Waals surface area contributed by atoms with Crippen LogP contribution in [-0.4, -0.2) is 25.5 Å². The number of hydrogen-bond donors (Lipinski definition) is 0. The minimum Gasteiger partial charge on any atom is -0.314 e. The monoisotopic (exact) mass is 380 g/mol. The van der Waals surface area contributed by atoms with E-state index in [9.17, 15) is 9.13 Å². The van der Waals surface area contributed by atoms with Gasteiger partial charge in [-0.1, -0.05) is 60.7 Å². The molecule has 25 heavy (non-hydrogen) atoms. The SMILES string of the molecule is CCOP(=O)(CCCP(=O)(c1ccccc1)c1ccccc1)OCC. The van der Waals surface area contributed by atoms with Crippen LogP contribution in [0.1, 0.15) is 20.3 Å². The van der Waals surface area contributed by atoms with Crippen molar-refractivity contribution in [1.29, 1.82) is 0 Å². The molecule has 0 atom stereocenters. The Morgan fingerprint density at radius 2 is 1.16 bits per heavy atom. The van der Waals surface area contributed by atoms with Gasteiger partial charge in [-0.2, -0.15) is 0 Å². The molecule has 2 aromatic rings. The van der Waals surface area contributed by atoms with Crippen LogP contribution in [0.25, 0.3) is 0 Å². The first-order valence-corrected chi connectivity index (χ1v) is 12.2. The Hall–Kier alpha value is -1.18. The molecule has 136 valence electrons. The maximum atomic E-state index is 13.8. The average molecular weight is 380 g/mol. The van der Waals surface area contributed by atoms with Crippen molar-refractivity contribution in [2.75, 3.05) is 25.5 Å². The van der Waals surface area contributed by atoms with Crippen molar-refractivity contribution >= 4 is 25.3 Å². The summed E-state index contributed by atoms with van der Waals surface area (Å²) in [6, 6.07) is 19.0. The van der Waals surface area contributed by atoms with Crippen LogP contribution in [0.15, 0.2) is 60.7 Å². The summed E-state index contributed by atoms with van der Waals surface area (Å²) in [5.41, 5.74) is 0. The Labute approximate surface area is 150 Å². The minimum atomic E-state index is -3.11. The average Bonchev–Trinajstić information content (AvgIpc) is 2.63. The molecule has 0 heterocycles. The number of hydrogen-bond acceptors (Lipinski definition) is 4. The van der Waals surface area contributed by atoms with E-state index in [0.717, 1.165) is 10.6 Å². The molecule has 0 amide bonds. The molecule has 2 rings (SSSR count). The Bertz CT molecular complexity index is 678. The van der Waals surface area contributed by atoms with E-state index < -0.39 is 14.7 Å². The zero-order chi connectivity index (χ0) is 18.2. The maximum Gasteiger partial charge on any atom is 0.330 e. The molecule has 0 spiro atoms. The minimum absolute atomic E-state index is 0.276. The molecular weight excluding hydrogens is 354 g/mol. The van der Waals surface area contributed by atoms with Gasteiger partial charge in [-0.3, -0.25) is 4.57 Å². The van der Waals surface area contributed by atoms with Crippen molar-refractivity contribution in [3.63, 3.8) is 0 Å². The lowest BCUT2D eigenvalue weighted by molar-refractivity contribution is 0.220. The van der Waals surface area contributed by atoms with Crippen LogP contribution in [0.3, 0.4) is 0 Å². The highest BCUT2D eigenvalue weighted by molar-refractivity contribution is 7.78. The third-order valence-electron chi connectivity index (χ3n) is 3.90. The van der Waals surface area contributed by atoms with Gasteiger partial charge >= 0.3 is 7.60 Å². The number of benzene rings is 2. The van der Waals surface area contributed by atoms with Gasteiger partial charge in [-0.05, 0) is 20.3 Å². The summed E-state index contributed by atoms with van der Waals surface area (Å²) in [7, 11) is -5.89. The van der Waals surface area contributed by atoms with Crippen molar-refractivity contribution in [3.05, 3.63) is 60.7 Å². The van der Waals surface area contributed by atoms with Crippen LogP contribution in [-0.2, 0) is 18.2 Å². The largest absolute Gasteiger partial charge is 0.330 e. The predicted octanol–water partition coefficient (Wildman–Crippen LogP) is 4.66. The highest BCUT2D eigenvalue weighted by Crippen LogP contribution is 2.51. The van der Waals surface area contributed by atoms with E-state index in [2.05, 4.69) is 0 Å². The topological polar surface area (TPSA) is 52.6 Å². The fourth-order valence-corrected chi connectivity index (χ4v) is 7.43. The Morgan fingerprint density at radius 3 is 1.56 bits per heavy atom. The summed E-state index contributed by atoms with van der Waals surface area (Å²) in [6.45, 7) is 4.27. The van der Waals surface area contributed by atoms with Crippen molar-refractivity contribution in [3.8, 4) is 0 Å². The standard InChI is InChI=1S/C19H26O4P2/c1-3-22-25(21,23-4-2)17-11-16-24(20,18-12-7-5-8-13-18)19-14-9-6-10-15-19/h5-10,12-15H,3-4,11,16-17H2,1-2H3. The molecule has 0 aliphatic heterocycles. The molecule has 0 aliphatic rings. The summed E-state index contributed by atoms with van der Waals surface area (Å²) in [6.07, 6.45) is 1.22. The predicted molar refractivity (Wildman–Crippen MR) is 105 cm³/mol. The normalized spacial score (nSPS) is 12.2. The highest BCUT2D eigenvalue weighted by atomic mass is 31.2. The first-order valence-electron chi connectivity index (χ1n) is 8.62. The van der Waals surface area contributed by atoms with Gasteiger partial charge in [0.15, 0.2) is 0 Å². The van der Waals surface area contributed by atoms with Gasteiger partial charge in [-0.25, -0.2) is 0 Å². The van der Waals surface area contributed by atoms with E-state index in [1.165, 1.54) is 0 Å². The summed E-state index contributed by atoms with van der Waals surface area (Å²) in [4.78, 5) is 0. The highest BCUT2D eigenvalue weighted by Gasteiger charge is 2.29. The van der Waals surface area contributed by atoms with E-state index in [-0.39, 0.29) is 6.16 Å². The van der Waals surface area contributed by atoms with Crippen molar-refractivity contribution < 1.29 is 18.2 Å². The summed E-state index contributed by atoms with van der Waals surface area (Å²) < 4.78 is 37.2. The first-order chi connectivity index (χ1) is 12.0. The molecular formula is C19H26O4P2. The molecule has 0 saturated heterocycles. The van der Waals surface area contributed by atoms with Gasteiger partial charge in [0.25, 0.3) is 0 Å². The summed E-state index contributed by atoms with van der Waals surface area (Å²) >= 11 is 0. The lowest BCUT2D eigenvalue weighted by Gasteiger charge is -2.21. The molecule has 0 aromatic heterocycles. The van der Waals surface area contributed by atoms with Crippen molar-refractivity contribution in [2.45, 2.75) is 20.3 Å². The quantitative estimate of drug-likeness (QED) is 0.563. The van der Waals surface area contributed by atoms with Gasteiger partial charge in [0.1, 0.15) is 7.14 Å². The second kappa shape index (κ2) is 9.50. The maximum absolute atomic E-state index is 13.8. The molecule has 0 fully saturated rings. The van der Waals surface area contributed by atoms with Crippen LogP contribution in [0.4, 0.5) is 0 Å². The van der Waals surface area contributed by atoms with Gasteiger partial charge in [0, 0.05) is 16.8 Å². The fourth-order valence-electron chi connectivity index (χ4n) is 2.79. The van der Waals surface area contributed by atoms with E-state index in [4.69, 9.17) is 9.05 Å². The molecule has 0 saturated carbocycles. The number of rotatable bonds is 10. The molecule has 0 unspecified atom stereocenters. The van der Waals surface area contributed by atoms with Gasteiger partial charge in [-0.15, -0.1) is 0 Å². The molecule has 0 aliphatic carbocycles. The third-order valence-corrected chi connectivity index (χ3v) is 9.28. The van der Waals surface area contributed by atoms with Gasteiger partial charge in [0.05, 0.1) is 19.4 Å². The van der Waals surface area contributed by atoms with Crippen LogP contribution in [0, 0.1) is 0 Å². The molecule has 4 nitrogen and oxygen atoms in total. The molecule has 6 heteroatoms. The second-order valence-corrected chi connectivity index (χ2v) is 10.8. The fraction of sp³-hybridized carbons (Fsp3) is 0.368. The van der Waals surface area contributed by atoms with Crippen molar-refractivity contribution in [1.82, 2.24) is 0 Å². The smallest absolute Gasteiger partial charge is 0.314 e. The molecule has 0 radical (unpaired) electrons. The lowest BCUT2D eigenvalue weighted by Crippen LogP contribution is -2.19. The summed E-state index contributed by atoms with van der Waals surface area (Å²) in [5, 5.41) is 1.65. The zero-order valence-electron chi connectivity index (χ0n) is 14.8. The first kappa shape index (κ1) is 20.1. The van der Waals surface area contributed by atoms with Crippen LogP contribution in [0.5, 0.6) is 0 Å².